The van der Waals surface area contributed by atoms with Crippen molar-refractivity contribution in [1.29, 1.82) is 0 Å². The number of nitrogens with one attached hydrogen (secondary N) is 1. The number of halogens is 1. The van der Waals surface area contributed by atoms with Crippen molar-refractivity contribution in [3.8, 4) is 0 Å². The van der Waals surface area contributed by atoms with Crippen LogP contribution in [0.2, 0.25) is 5.28 Å². The van der Waals surface area contributed by atoms with Crippen molar-refractivity contribution >= 4 is 34.0 Å². The van der Waals surface area contributed by atoms with Gasteiger partial charge < -0.3 is 5.32 Å². The van der Waals surface area contributed by atoms with Crippen molar-refractivity contribution < 1.29 is 4.92 Å². The maximum absolute atomic E-state index is 10.8. The number of fused-ring (bicyclic) bond motifs is 1. The fraction of sp³-hybridized carbons (Fsp3) is 0.273. The summed E-state index contributed by atoms with van der Waals surface area (Å²) in [7, 11) is 0. The van der Waals surface area contributed by atoms with Crippen LogP contribution in [0.25, 0.3) is 10.9 Å². The number of hydrogen-bond acceptors (Lipinski definition) is 5. The summed E-state index contributed by atoms with van der Waals surface area (Å²) in [6.07, 6.45) is 0.915. The summed E-state index contributed by atoms with van der Waals surface area (Å²) >= 11 is 5.81. The molecule has 1 N–H and O–H groups in total. The molecule has 0 radical (unpaired) electrons. The van der Waals surface area contributed by atoms with Crippen molar-refractivity contribution in [2.24, 2.45) is 0 Å². The van der Waals surface area contributed by atoms with Crippen LogP contribution in [0, 0.1) is 10.1 Å². The van der Waals surface area contributed by atoms with Gasteiger partial charge in [0.05, 0.1) is 10.4 Å². The molecule has 1 aromatic heterocycles. The van der Waals surface area contributed by atoms with E-state index in [0.29, 0.717) is 23.3 Å². The van der Waals surface area contributed by atoms with Crippen molar-refractivity contribution in [2.45, 2.75) is 13.3 Å². The van der Waals surface area contributed by atoms with E-state index in [1.54, 1.807) is 6.07 Å². The summed E-state index contributed by atoms with van der Waals surface area (Å²) < 4.78 is 0. The highest BCUT2D eigenvalue weighted by molar-refractivity contribution is 6.28. The zero-order chi connectivity index (χ0) is 13.1. The number of nitrogens with zero attached hydrogens (tertiary/aromatic N) is 3. The van der Waals surface area contributed by atoms with E-state index in [4.69, 9.17) is 11.6 Å². The van der Waals surface area contributed by atoms with E-state index in [0.717, 1.165) is 6.42 Å². The van der Waals surface area contributed by atoms with Gasteiger partial charge in [-0.2, -0.15) is 0 Å². The molecule has 0 amide bonds. The summed E-state index contributed by atoms with van der Waals surface area (Å²) in [5.41, 5.74) is 0.590. The first-order chi connectivity index (χ1) is 8.61. The molecule has 0 aliphatic rings. The molecule has 0 fully saturated rings. The Morgan fingerprint density at radius 2 is 2.22 bits per heavy atom. The van der Waals surface area contributed by atoms with Gasteiger partial charge in [0, 0.05) is 24.1 Å². The van der Waals surface area contributed by atoms with Crippen LogP contribution in [0.1, 0.15) is 13.3 Å². The largest absolute Gasteiger partial charge is 0.369 e. The van der Waals surface area contributed by atoms with Gasteiger partial charge in [0.25, 0.3) is 5.69 Å². The van der Waals surface area contributed by atoms with Crippen molar-refractivity contribution in [3.63, 3.8) is 0 Å². The molecule has 0 saturated heterocycles. The fourth-order valence-electron chi connectivity index (χ4n) is 1.58. The molecule has 0 unspecified atom stereocenters. The first-order valence-electron chi connectivity index (χ1n) is 5.47. The van der Waals surface area contributed by atoms with Gasteiger partial charge in [0.1, 0.15) is 5.82 Å². The normalized spacial score (nSPS) is 10.6. The second-order valence-electron chi connectivity index (χ2n) is 3.73. The standard InChI is InChI=1S/C11H11ClN4O2/c1-2-5-13-10-8-6-7(16(17)18)3-4-9(8)14-11(12)15-10/h3-4,6H,2,5H2,1H3,(H,13,14,15). The molecule has 1 aromatic carbocycles. The van der Waals surface area contributed by atoms with Gasteiger partial charge in [0.15, 0.2) is 0 Å². The molecule has 2 rings (SSSR count). The van der Waals surface area contributed by atoms with E-state index >= 15 is 0 Å². The lowest BCUT2D eigenvalue weighted by Gasteiger charge is -2.07. The summed E-state index contributed by atoms with van der Waals surface area (Å²) in [4.78, 5) is 18.4. The average molecular weight is 267 g/mol. The Bertz CT molecular complexity index is 603. The van der Waals surface area contributed by atoms with Crippen LogP contribution in [0.4, 0.5) is 11.5 Å². The molecule has 2 aromatic rings. The minimum absolute atomic E-state index is 0.00738. The Balaban J connectivity index is 2.58. The number of benzene rings is 1. The third kappa shape index (κ3) is 2.48. The second-order valence-corrected chi connectivity index (χ2v) is 4.06. The first-order valence-corrected chi connectivity index (χ1v) is 5.85. The summed E-state index contributed by atoms with van der Waals surface area (Å²) in [6.45, 7) is 2.73. The highest BCUT2D eigenvalue weighted by atomic mass is 35.5. The van der Waals surface area contributed by atoms with Crippen LogP contribution in [-0.4, -0.2) is 21.4 Å². The van der Waals surface area contributed by atoms with Crippen LogP contribution >= 0.6 is 11.6 Å². The number of aromatic nitrogens is 2. The van der Waals surface area contributed by atoms with Gasteiger partial charge in [-0.25, -0.2) is 9.97 Å². The molecular formula is C11H11ClN4O2. The lowest BCUT2D eigenvalue weighted by atomic mass is 10.2. The summed E-state index contributed by atoms with van der Waals surface area (Å²) in [5, 5.41) is 14.6. The van der Waals surface area contributed by atoms with E-state index in [9.17, 15) is 10.1 Å². The molecule has 0 atom stereocenters. The zero-order valence-corrected chi connectivity index (χ0v) is 10.4. The number of nitro benzene ring substituents is 1. The van der Waals surface area contributed by atoms with Gasteiger partial charge >= 0.3 is 0 Å². The van der Waals surface area contributed by atoms with E-state index in [1.807, 2.05) is 6.92 Å². The number of non-ortho nitro benzene ring substituents is 1. The molecule has 94 valence electrons. The van der Waals surface area contributed by atoms with Gasteiger partial charge in [-0.3, -0.25) is 10.1 Å². The molecule has 7 heteroatoms. The monoisotopic (exact) mass is 266 g/mol. The number of anilines is 1. The van der Waals surface area contributed by atoms with Crippen molar-refractivity contribution in [1.82, 2.24) is 9.97 Å². The third-order valence-electron chi connectivity index (χ3n) is 2.41. The molecule has 0 aliphatic heterocycles. The van der Waals surface area contributed by atoms with Crippen LogP contribution in [-0.2, 0) is 0 Å². The second kappa shape index (κ2) is 5.14. The van der Waals surface area contributed by atoms with E-state index in [1.165, 1.54) is 12.1 Å². The van der Waals surface area contributed by atoms with Crippen molar-refractivity contribution in [2.75, 3.05) is 11.9 Å². The molecule has 0 bridgehead atoms. The van der Waals surface area contributed by atoms with Crippen LogP contribution in [0.5, 0.6) is 0 Å². The van der Waals surface area contributed by atoms with Gasteiger partial charge in [0.2, 0.25) is 5.28 Å². The van der Waals surface area contributed by atoms with Gasteiger partial charge in [-0.1, -0.05) is 6.92 Å². The van der Waals surface area contributed by atoms with E-state index in [-0.39, 0.29) is 11.0 Å². The van der Waals surface area contributed by atoms with Gasteiger partial charge in [-0.15, -0.1) is 0 Å². The maximum Gasteiger partial charge on any atom is 0.270 e. The zero-order valence-electron chi connectivity index (χ0n) is 9.68. The van der Waals surface area contributed by atoms with E-state index in [2.05, 4.69) is 15.3 Å². The number of rotatable bonds is 4. The third-order valence-corrected chi connectivity index (χ3v) is 2.57. The highest BCUT2D eigenvalue weighted by Crippen LogP contribution is 2.26. The molecule has 0 spiro atoms. The molecule has 0 aliphatic carbocycles. The Morgan fingerprint density at radius 3 is 2.89 bits per heavy atom. The SMILES string of the molecule is CCCNc1nc(Cl)nc2ccc([N+](=O)[O-])cc12. The minimum atomic E-state index is -0.447. The first kappa shape index (κ1) is 12.5. The van der Waals surface area contributed by atoms with Crippen LogP contribution in [0.15, 0.2) is 18.2 Å². The van der Waals surface area contributed by atoms with Gasteiger partial charge in [-0.05, 0) is 24.1 Å². The Kier molecular flexibility index (Phi) is 3.57. The fourth-order valence-corrected chi connectivity index (χ4v) is 1.76. The smallest absolute Gasteiger partial charge is 0.270 e. The Labute approximate surface area is 108 Å². The minimum Gasteiger partial charge on any atom is -0.369 e. The quantitative estimate of drug-likeness (QED) is 0.523. The van der Waals surface area contributed by atoms with Crippen LogP contribution < -0.4 is 5.32 Å². The predicted octanol–water partition coefficient (Wildman–Crippen LogP) is 3.01. The van der Waals surface area contributed by atoms with Crippen molar-refractivity contribution in [3.05, 3.63) is 33.6 Å². The molecule has 1 heterocycles. The Morgan fingerprint density at radius 1 is 1.44 bits per heavy atom. The molecular weight excluding hydrogens is 256 g/mol. The average Bonchev–Trinajstić information content (AvgIpc) is 2.35. The summed E-state index contributed by atoms with van der Waals surface area (Å²) in [5.74, 6) is 0.524. The predicted molar refractivity (Wildman–Crippen MR) is 70.0 cm³/mol. The highest BCUT2D eigenvalue weighted by Gasteiger charge is 2.11. The number of nitro groups is 1. The molecule has 18 heavy (non-hydrogen) atoms. The Hall–Kier alpha value is -1.95. The maximum atomic E-state index is 10.8. The lowest BCUT2D eigenvalue weighted by Crippen LogP contribution is -2.04. The number of hydrogen-bond donors (Lipinski definition) is 1. The van der Waals surface area contributed by atoms with Crippen LogP contribution in [0.3, 0.4) is 0 Å². The lowest BCUT2D eigenvalue weighted by molar-refractivity contribution is -0.384. The topological polar surface area (TPSA) is 81.0 Å². The molecule has 0 saturated carbocycles. The van der Waals surface area contributed by atoms with E-state index < -0.39 is 4.92 Å². The summed E-state index contributed by atoms with van der Waals surface area (Å²) in [6, 6.07) is 4.41. The molecule has 6 nitrogen and oxygen atoms in total.